The molecule has 98 valence electrons. The van der Waals surface area contributed by atoms with Crippen LogP contribution in [-0.2, 0) is 4.79 Å². The first-order chi connectivity index (χ1) is 8.49. The average molecular weight is 311 g/mol. The van der Waals surface area contributed by atoms with Crippen molar-refractivity contribution >= 4 is 27.5 Å². The summed E-state index contributed by atoms with van der Waals surface area (Å²) in [5.74, 6) is 0.653. The van der Waals surface area contributed by atoms with Gasteiger partial charge in [-0.15, -0.1) is 0 Å². The lowest BCUT2D eigenvalue weighted by Crippen LogP contribution is -2.48. The van der Waals surface area contributed by atoms with Gasteiger partial charge in [-0.3, -0.25) is 4.79 Å². The Hall–Kier alpha value is -0.870. The van der Waals surface area contributed by atoms with Crippen molar-refractivity contribution in [3.8, 4) is 0 Å². The van der Waals surface area contributed by atoms with Crippen LogP contribution >= 0.6 is 15.9 Å². The maximum atomic E-state index is 12.1. The summed E-state index contributed by atoms with van der Waals surface area (Å²) >= 11 is 3.53. The molecular formula is C14H19BrN2O. The number of hydrogen-bond donors (Lipinski definition) is 2. The average Bonchev–Trinajstić information content (AvgIpc) is 2.23. The van der Waals surface area contributed by atoms with Gasteiger partial charge in [0.1, 0.15) is 0 Å². The molecule has 0 radical (unpaired) electrons. The third-order valence-corrected chi connectivity index (χ3v) is 4.89. The van der Waals surface area contributed by atoms with E-state index in [0.717, 1.165) is 34.4 Å². The molecule has 1 aromatic carbocycles. The second kappa shape index (κ2) is 5.41. The number of amides is 1. The van der Waals surface area contributed by atoms with Crippen LogP contribution in [0.5, 0.6) is 0 Å². The van der Waals surface area contributed by atoms with E-state index >= 15 is 0 Å². The van der Waals surface area contributed by atoms with E-state index in [1.165, 1.54) is 0 Å². The maximum Gasteiger partial charge on any atom is 0.227 e. The van der Waals surface area contributed by atoms with E-state index in [-0.39, 0.29) is 11.8 Å². The molecule has 0 aliphatic carbocycles. The standard InChI is InChI=1S/C14H19BrN2O/c1-8-4-12(5-9(2)13(8)15)17-14(18)10(3)11-6-16-7-11/h4-5,10-11,16H,6-7H2,1-3H3,(H,17,18). The van der Waals surface area contributed by atoms with Crippen molar-refractivity contribution in [2.45, 2.75) is 20.8 Å². The number of nitrogens with one attached hydrogen (secondary N) is 2. The van der Waals surface area contributed by atoms with E-state index in [1.807, 2.05) is 32.9 Å². The minimum absolute atomic E-state index is 0.0653. The smallest absolute Gasteiger partial charge is 0.227 e. The minimum Gasteiger partial charge on any atom is -0.326 e. The first-order valence-electron chi connectivity index (χ1n) is 6.27. The molecule has 2 N–H and O–H groups in total. The van der Waals surface area contributed by atoms with Gasteiger partial charge in [-0.1, -0.05) is 22.9 Å². The summed E-state index contributed by atoms with van der Waals surface area (Å²) in [6, 6.07) is 4.00. The first kappa shape index (κ1) is 13.6. The Kier molecular flexibility index (Phi) is 4.07. The highest BCUT2D eigenvalue weighted by Gasteiger charge is 2.28. The minimum atomic E-state index is 0.0653. The van der Waals surface area contributed by atoms with Gasteiger partial charge >= 0.3 is 0 Å². The number of rotatable bonds is 3. The lowest BCUT2D eigenvalue weighted by atomic mass is 9.88. The van der Waals surface area contributed by atoms with Crippen molar-refractivity contribution in [1.29, 1.82) is 0 Å². The van der Waals surface area contributed by atoms with Crippen molar-refractivity contribution in [3.63, 3.8) is 0 Å². The molecule has 1 saturated heterocycles. The van der Waals surface area contributed by atoms with Gasteiger partial charge in [-0.05, 0) is 56.1 Å². The van der Waals surface area contributed by atoms with Gasteiger partial charge in [0.25, 0.3) is 0 Å². The van der Waals surface area contributed by atoms with Crippen LogP contribution in [0.1, 0.15) is 18.1 Å². The lowest BCUT2D eigenvalue weighted by Gasteiger charge is -2.31. The van der Waals surface area contributed by atoms with E-state index in [1.54, 1.807) is 0 Å². The Labute approximate surface area is 116 Å². The summed E-state index contributed by atoms with van der Waals surface area (Å²) in [4.78, 5) is 12.1. The molecule has 1 unspecified atom stereocenters. The number of anilines is 1. The van der Waals surface area contributed by atoms with Crippen LogP contribution in [0, 0.1) is 25.7 Å². The topological polar surface area (TPSA) is 41.1 Å². The third-order valence-electron chi connectivity index (χ3n) is 3.64. The van der Waals surface area contributed by atoms with Crippen molar-refractivity contribution < 1.29 is 4.79 Å². The van der Waals surface area contributed by atoms with Crippen LogP contribution in [0.15, 0.2) is 16.6 Å². The Morgan fingerprint density at radius 1 is 1.39 bits per heavy atom. The van der Waals surface area contributed by atoms with Crippen molar-refractivity contribution in [3.05, 3.63) is 27.7 Å². The number of aryl methyl sites for hydroxylation is 2. The van der Waals surface area contributed by atoms with E-state index in [9.17, 15) is 4.79 Å². The van der Waals surface area contributed by atoms with Gasteiger partial charge in [-0.25, -0.2) is 0 Å². The van der Waals surface area contributed by atoms with E-state index < -0.39 is 0 Å². The van der Waals surface area contributed by atoms with Crippen LogP contribution in [-0.4, -0.2) is 19.0 Å². The molecule has 1 aliphatic heterocycles. The Morgan fingerprint density at radius 2 is 1.94 bits per heavy atom. The fourth-order valence-corrected chi connectivity index (χ4v) is 2.38. The van der Waals surface area contributed by atoms with Crippen LogP contribution in [0.3, 0.4) is 0 Å². The fourth-order valence-electron chi connectivity index (χ4n) is 2.15. The molecule has 0 spiro atoms. The predicted octanol–water partition coefficient (Wildman–Crippen LogP) is 2.86. The van der Waals surface area contributed by atoms with Gasteiger partial charge in [-0.2, -0.15) is 0 Å². The highest BCUT2D eigenvalue weighted by atomic mass is 79.9. The largest absolute Gasteiger partial charge is 0.326 e. The number of carbonyl (C=O) groups excluding carboxylic acids is 1. The summed E-state index contributed by atoms with van der Waals surface area (Å²) in [5, 5.41) is 6.21. The van der Waals surface area contributed by atoms with Gasteiger partial charge < -0.3 is 10.6 Å². The molecule has 0 saturated carbocycles. The van der Waals surface area contributed by atoms with Crippen LogP contribution in [0.2, 0.25) is 0 Å². The quantitative estimate of drug-likeness (QED) is 0.901. The van der Waals surface area contributed by atoms with E-state index in [2.05, 4.69) is 26.6 Å². The Morgan fingerprint density at radius 3 is 2.39 bits per heavy atom. The molecule has 1 fully saturated rings. The molecule has 1 atom stereocenters. The molecule has 2 rings (SSSR count). The zero-order valence-corrected chi connectivity index (χ0v) is 12.6. The molecule has 18 heavy (non-hydrogen) atoms. The monoisotopic (exact) mass is 310 g/mol. The Balaban J connectivity index is 2.06. The van der Waals surface area contributed by atoms with Gasteiger partial charge in [0.05, 0.1) is 0 Å². The van der Waals surface area contributed by atoms with Crippen molar-refractivity contribution in [1.82, 2.24) is 5.32 Å². The Bertz CT molecular complexity index is 446. The number of benzene rings is 1. The van der Waals surface area contributed by atoms with Gasteiger partial charge in [0.2, 0.25) is 5.91 Å². The van der Waals surface area contributed by atoms with Crippen LogP contribution in [0.25, 0.3) is 0 Å². The summed E-state index contributed by atoms with van der Waals surface area (Å²) in [5.41, 5.74) is 3.17. The zero-order valence-electron chi connectivity index (χ0n) is 11.0. The fraction of sp³-hybridized carbons (Fsp3) is 0.500. The molecule has 3 nitrogen and oxygen atoms in total. The van der Waals surface area contributed by atoms with E-state index in [4.69, 9.17) is 0 Å². The van der Waals surface area contributed by atoms with Crippen LogP contribution < -0.4 is 10.6 Å². The number of halogens is 1. The molecule has 1 heterocycles. The normalized spacial score (nSPS) is 17.1. The number of hydrogen-bond acceptors (Lipinski definition) is 2. The van der Waals surface area contributed by atoms with Crippen molar-refractivity contribution in [2.24, 2.45) is 11.8 Å². The highest BCUT2D eigenvalue weighted by Crippen LogP contribution is 2.26. The second-order valence-corrected chi connectivity index (χ2v) is 5.91. The molecule has 1 aromatic rings. The molecule has 1 aliphatic rings. The predicted molar refractivity (Wildman–Crippen MR) is 77.8 cm³/mol. The van der Waals surface area contributed by atoms with Crippen LogP contribution in [0.4, 0.5) is 5.69 Å². The summed E-state index contributed by atoms with van der Waals surface area (Å²) in [6.45, 7) is 7.97. The van der Waals surface area contributed by atoms with E-state index in [0.29, 0.717) is 5.92 Å². The molecule has 0 aromatic heterocycles. The van der Waals surface area contributed by atoms with Crippen molar-refractivity contribution in [2.75, 3.05) is 18.4 Å². The second-order valence-electron chi connectivity index (χ2n) is 5.12. The summed E-state index contributed by atoms with van der Waals surface area (Å²) in [6.07, 6.45) is 0. The lowest BCUT2D eigenvalue weighted by molar-refractivity contribution is -0.121. The highest BCUT2D eigenvalue weighted by molar-refractivity contribution is 9.10. The zero-order chi connectivity index (χ0) is 13.3. The summed E-state index contributed by atoms with van der Waals surface area (Å²) < 4.78 is 1.11. The van der Waals surface area contributed by atoms with Gasteiger partial charge in [0, 0.05) is 16.1 Å². The first-order valence-corrected chi connectivity index (χ1v) is 7.06. The molecule has 0 bridgehead atoms. The SMILES string of the molecule is Cc1cc(NC(=O)C(C)C2CNC2)cc(C)c1Br. The molecule has 1 amide bonds. The number of carbonyl (C=O) groups is 1. The maximum absolute atomic E-state index is 12.1. The molecular weight excluding hydrogens is 292 g/mol. The molecule has 4 heteroatoms. The summed E-state index contributed by atoms with van der Waals surface area (Å²) in [7, 11) is 0. The van der Waals surface area contributed by atoms with Gasteiger partial charge in [0.15, 0.2) is 0 Å². The third kappa shape index (κ3) is 2.75.